The van der Waals surface area contributed by atoms with E-state index in [1.165, 1.54) is 4.90 Å². The van der Waals surface area contributed by atoms with Crippen LogP contribution in [0, 0.1) is 5.92 Å². The van der Waals surface area contributed by atoms with E-state index < -0.39 is 0 Å². The molecule has 0 aliphatic carbocycles. The third-order valence-corrected chi connectivity index (χ3v) is 7.67. The Morgan fingerprint density at radius 1 is 1.06 bits per heavy atom. The van der Waals surface area contributed by atoms with Crippen LogP contribution in [0.15, 0.2) is 42.7 Å². The van der Waals surface area contributed by atoms with E-state index in [2.05, 4.69) is 20.9 Å². The number of benzene rings is 1. The van der Waals surface area contributed by atoms with Gasteiger partial charge in [0.05, 0.1) is 28.8 Å². The monoisotopic (exact) mass is 490 g/mol. The number of ether oxygens (including phenoxy) is 1. The van der Waals surface area contributed by atoms with Gasteiger partial charge in [0, 0.05) is 52.3 Å². The molecule has 190 valence electrons. The third-order valence-electron chi connectivity index (χ3n) is 7.67. The van der Waals surface area contributed by atoms with E-state index in [4.69, 9.17) is 4.74 Å². The van der Waals surface area contributed by atoms with Gasteiger partial charge in [-0.25, -0.2) is 0 Å². The zero-order valence-electron chi connectivity index (χ0n) is 20.9. The van der Waals surface area contributed by atoms with Crippen molar-refractivity contribution in [2.24, 2.45) is 5.92 Å². The summed E-state index contributed by atoms with van der Waals surface area (Å²) in [5.41, 5.74) is 2.78. The second kappa shape index (κ2) is 10.8. The van der Waals surface area contributed by atoms with Crippen molar-refractivity contribution >= 4 is 23.4 Å². The van der Waals surface area contributed by atoms with Gasteiger partial charge in [-0.1, -0.05) is 12.1 Å². The summed E-state index contributed by atoms with van der Waals surface area (Å²) in [4.78, 5) is 49.8. The summed E-state index contributed by atoms with van der Waals surface area (Å²) in [5, 5.41) is 0. The summed E-state index contributed by atoms with van der Waals surface area (Å²) in [6, 6.07) is 9.54. The number of anilines is 1. The highest BCUT2D eigenvalue weighted by atomic mass is 16.5. The van der Waals surface area contributed by atoms with Crippen molar-refractivity contribution in [1.29, 1.82) is 0 Å². The number of likely N-dealkylation sites (tertiary alicyclic amines) is 1. The number of piperidine rings is 2. The maximum atomic E-state index is 13.8. The Kier molecular flexibility index (Phi) is 7.32. The van der Waals surface area contributed by atoms with Crippen LogP contribution in [0.5, 0.6) is 0 Å². The van der Waals surface area contributed by atoms with Crippen LogP contribution in [0.1, 0.15) is 70.8 Å². The van der Waals surface area contributed by atoms with Gasteiger partial charge in [-0.3, -0.25) is 24.3 Å². The minimum atomic E-state index is -0.247. The minimum Gasteiger partial charge on any atom is -0.385 e. The Labute approximate surface area is 212 Å². The molecule has 8 nitrogen and oxygen atoms in total. The molecule has 0 saturated carbocycles. The smallest absolute Gasteiger partial charge is 0.263 e. The number of amides is 3. The molecule has 3 aliphatic rings. The second-order valence-corrected chi connectivity index (χ2v) is 9.92. The van der Waals surface area contributed by atoms with Crippen molar-refractivity contribution in [2.75, 3.05) is 44.8 Å². The van der Waals surface area contributed by atoms with E-state index in [0.717, 1.165) is 56.4 Å². The van der Waals surface area contributed by atoms with E-state index >= 15 is 0 Å². The Bertz CT molecular complexity index is 1120. The van der Waals surface area contributed by atoms with Crippen molar-refractivity contribution < 1.29 is 19.1 Å². The second-order valence-electron chi connectivity index (χ2n) is 9.92. The van der Waals surface area contributed by atoms with E-state index in [-0.39, 0.29) is 29.7 Å². The first-order chi connectivity index (χ1) is 17.6. The molecule has 0 N–H and O–H groups in total. The highest BCUT2D eigenvalue weighted by molar-refractivity contribution is 6.23. The molecule has 5 rings (SSSR count). The van der Waals surface area contributed by atoms with Crippen molar-refractivity contribution in [1.82, 2.24) is 14.8 Å². The lowest BCUT2D eigenvalue weighted by Gasteiger charge is -2.41. The molecule has 1 aromatic heterocycles. The van der Waals surface area contributed by atoms with Crippen LogP contribution < -0.4 is 4.90 Å². The summed E-state index contributed by atoms with van der Waals surface area (Å²) in [7, 11) is 1.61. The Morgan fingerprint density at radius 2 is 1.94 bits per heavy atom. The molecule has 2 unspecified atom stereocenters. The number of aromatic nitrogens is 1. The summed E-state index contributed by atoms with van der Waals surface area (Å²) in [5.74, 6) is -0.450. The molecule has 36 heavy (non-hydrogen) atoms. The van der Waals surface area contributed by atoms with Crippen molar-refractivity contribution in [3.8, 4) is 0 Å². The lowest BCUT2D eigenvalue weighted by atomic mass is 9.91. The van der Waals surface area contributed by atoms with Crippen molar-refractivity contribution in [2.45, 2.75) is 44.6 Å². The first-order valence-electron chi connectivity index (χ1n) is 13.0. The van der Waals surface area contributed by atoms with Gasteiger partial charge >= 0.3 is 0 Å². The number of pyridine rings is 1. The molecule has 0 spiro atoms. The van der Waals surface area contributed by atoms with E-state index in [0.29, 0.717) is 37.2 Å². The molecule has 2 atom stereocenters. The molecule has 0 radical (unpaired) electrons. The van der Waals surface area contributed by atoms with Gasteiger partial charge in [-0.15, -0.1) is 0 Å². The molecular weight excluding hydrogens is 456 g/mol. The maximum absolute atomic E-state index is 13.8. The lowest BCUT2D eigenvalue weighted by molar-refractivity contribution is -0.139. The fourth-order valence-corrected chi connectivity index (χ4v) is 5.90. The predicted molar refractivity (Wildman–Crippen MR) is 136 cm³/mol. The standard InChI is InChI=1S/C28H34N4O4/c1-36-17-7-16-32-27(34)22-10-4-12-24(25(22)28(32)35)30-14-6-9-21(19-30)26(33)31-15-3-2-11-23(31)20-8-5-13-29-18-20/h4-5,8,10,12-13,18,21,23H,2-3,6-7,9,11,14-17,19H2,1H3. The molecule has 2 saturated heterocycles. The SMILES string of the molecule is COCCCN1C(=O)c2cccc(N3CCCC(C(=O)N4CCCCC4c4cccnc4)C3)c2C1=O. The molecule has 0 bridgehead atoms. The number of carbonyl (C=O) groups is 3. The van der Waals surface area contributed by atoms with Crippen molar-refractivity contribution in [3.63, 3.8) is 0 Å². The summed E-state index contributed by atoms with van der Waals surface area (Å²) >= 11 is 0. The van der Waals surface area contributed by atoms with Crippen LogP contribution in [-0.4, -0.2) is 72.4 Å². The highest BCUT2D eigenvalue weighted by Gasteiger charge is 2.40. The van der Waals surface area contributed by atoms with Gasteiger partial charge in [-0.05, 0) is 62.3 Å². The van der Waals surface area contributed by atoms with Crippen LogP contribution in [0.25, 0.3) is 0 Å². The van der Waals surface area contributed by atoms with E-state index in [9.17, 15) is 14.4 Å². The number of fused-ring (bicyclic) bond motifs is 1. The lowest BCUT2D eigenvalue weighted by Crippen LogP contribution is -2.47. The first-order valence-corrected chi connectivity index (χ1v) is 13.0. The predicted octanol–water partition coefficient (Wildman–Crippen LogP) is 3.68. The average molecular weight is 491 g/mol. The van der Waals surface area contributed by atoms with Crippen LogP contribution in [0.2, 0.25) is 0 Å². The Morgan fingerprint density at radius 3 is 2.75 bits per heavy atom. The van der Waals surface area contributed by atoms with Crippen LogP contribution in [0.3, 0.4) is 0 Å². The van der Waals surface area contributed by atoms with Gasteiger partial charge < -0.3 is 14.5 Å². The zero-order chi connectivity index (χ0) is 25.1. The Balaban J connectivity index is 1.35. The summed E-state index contributed by atoms with van der Waals surface area (Å²) in [6.07, 6.45) is 9.01. The van der Waals surface area contributed by atoms with Gasteiger partial charge in [0.25, 0.3) is 11.8 Å². The summed E-state index contributed by atoms with van der Waals surface area (Å²) < 4.78 is 5.09. The molecule has 2 aromatic rings. The Hall–Kier alpha value is -3.26. The van der Waals surface area contributed by atoms with Gasteiger partial charge in [0.2, 0.25) is 5.91 Å². The van der Waals surface area contributed by atoms with Crippen LogP contribution in [-0.2, 0) is 9.53 Å². The van der Waals surface area contributed by atoms with Gasteiger partial charge in [0.15, 0.2) is 0 Å². The number of imide groups is 1. The first kappa shape index (κ1) is 24.4. The topological polar surface area (TPSA) is 83.1 Å². The molecule has 1 aromatic carbocycles. The van der Waals surface area contributed by atoms with Crippen molar-refractivity contribution in [3.05, 3.63) is 59.4 Å². The molecule has 3 aliphatic heterocycles. The van der Waals surface area contributed by atoms with Crippen LogP contribution >= 0.6 is 0 Å². The van der Waals surface area contributed by atoms with Gasteiger partial charge in [0.1, 0.15) is 0 Å². The largest absolute Gasteiger partial charge is 0.385 e. The van der Waals surface area contributed by atoms with Crippen LogP contribution in [0.4, 0.5) is 5.69 Å². The van der Waals surface area contributed by atoms with E-state index in [1.807, 2.05) is 24.4 Å². The molecule has 2 fully saturated rings. The fourth-order valence-electron chi connectivity index (χ4n) is 5.90. The molecular formula is C28H34N4O4. The number of nitrogens with zero attached hydrogens (tertiary/aromatic N) is 4. The third kappa shape index (κ3) is 4.62. The average Bonchev–Trinajstić information content (AvgIpc) is 3.18. The molecule has 4 heterocycles. The fraction of sp³-hybridized carbons (Fsp3) is 0.500. The number of carbonyl (C=O) groups excluding carboxylic acids is 3. The quantitative estimate of drug-likeness (QED) is 0.435. The van der Waals surface area contributed by atoms with E-state index in [1.54, 1.807) is 19.4 Å². The normalized spacial score (nSPS) is 22.2. The minimum absolute atomic E-state index is 0.0659. The summed E-state index contributed by atoms with van der Waals surface area (Å²) in [6.45, 7) is 2.91. The van der Waals surface area contributed by atoms with Gasteiger partial charge in [-0.2, -0.15) is 0 Å². The number of methoxy groups -OCH3 is 1. The molecule has 8 heteroatoms. The number of hydrogen-bond acceptors (Lipinski definition) is 6. The maximum Gasteiger partial charge on any atom is 0.263 e. The number of rotatable bonds is 7. The molecule has 3 amide bonds. The zero-order valence-corrected chi connectivity index (χ0v) is 20.9. The highest BCUT2D eigenvalue weighted by Crippen LogP contribution is 2.36. The number of hydrogen-bond donors (Lipinski definition) is 0.